The molecule has 2 amide bonds. The molecule has 152 valence electrons. The Morgan fingerprint density at radius 1 is 1.25 bits per heavy atom. The van der Waals surface area contributed by atoms with Crippen molar-refractivity contribution in [3.05, 3.63) is 27.4 Å². The molecule has 8 nitrogen and oxygen atoms in total. The van der Waals surface area contributed by atoms with Crippen molar-refractivity contribution in [3.63, 3.8) is 0 Å². The van der Waals surface area contributed by atoms with Gasteiger partial charge in [0.2, 0.25) is 5.91 Å². The quantitative estimate of drug-likeness (QED) is 0.825. The van der Waals surface area contributed by atoms with Crippen LogP contribution in [-0.2, 0) is 26.8 Å². The van der Waals surface area contributed by atoms with Crippen LogP contribution in [0.3, 0.4) is 0 Å². The number of aromatic nitrogens is 2. The van der Waals surface area contributed by atoms with Crippen molar-refractivity contribution in [2.24, 2.45) is 0 Å². The Labute approximate surface area is 164 Å². The maximum atomic E-state index is 12.8. The van der Waals surface area contributed by atoms with Crippen LogP contribution in [0.15, 0.2) is 4.79 Å². The molecule has 4 rings (SSSR count). The number of ether oxygens (including phenoxy) is 1. The number of H-pyrrole nitrogens is 1. The van der Waals surface area contributed by atoms with E-state index in [1.54, 1.807) is 0 Å². The van der Waals surface area contributed by atoms with Gasteiger partial charge in [-0.1, -0.05) is 20.8 Å². The summed E-state index contributed by atoms with van der Waals surface area (Å²) in [7, 11) is 0. The van der Waals surface area contributed by atoms with Crippen molar-refractivity contribution < 1.29 is 14.3 Å². The van der Waals surface area contributed by atoms with E-state index < -0.39 is 6.09 Å². The predicted octanol–water partition coefficient (Wildman–Crippen LogP) is 1.33. The molecule has 28 heavy (non-hydrogen) atoms. The first-order valence-electron chi connectivity index (χ1n) is 10.0. The van der Waals surface area contributed by atoms with Gasteiger partial charge in [0, 0.05) is 29.5 Å². The van der Waals surface area contributed by atoms with Gasteiger partial charge in [-0.3, -0.25) is 14.5 Å². The van der Waals surface area contributed by atoms with Crippen LogP contribution in [0.25, 0.3) is 0 Å². The van der Waals surface area contributed by atoms with E-state index in [-0.39, 0.29) is 28.8 Å². The molecule has 1 atom stereocenters. The number of piperidine rings is 1. The van der Waals surface area contributed by atoms with Gasteiger partial charge in [-0.2, -0.15) is 0 Å². The van der Waals surface area contributed by atoms with E-state index in [2.05, 4.69) is 4.98 Å². The Balaban J connectivity index is 1.60. The highest BCUT2D eigenvalue weighted by molar-refractivity contribution is 5.83. The minimum Gasteiger partial charge on any atom is -0.448 e. The summed E-state index contributed by atoms with van der Waals surface area (Å²) in [6, 6.07) is 0. The Kier molecular flexibility index (Phi) is 4.47. The maximum absolute atomic E-state index is 12.8. The lowest BCUT2D eigenvalue weighted by atomic mass is 9.77. The van der Waals surface area contributed by atoms with Crippen LogP contribution < -0.4 is 5.56 Å². The molecule has 3 aliphatic rings. The summed E-state index contributed by atoms with van der Waals surface area (Å²) in [6.07, 6.45) is 2.91. The second-order valence-electron chi connectivity index (χ2n) is 9.23. The molecule has 2 aliphatic heterocycles. The standard InChI is InChI=1S/C20H28N4O4/c1-19(2,3)17-21-15-13(16(26)22-17)5-7-20(15)6-4-8-24(12-20)14(25)11-23-9-10-28-18(23)27/h4-12H2,1-3H3,(H,21,22,26). The molecule has 0 radical (unpaired) electrons. The third-order valence-corrected chi connectivity index (χ3v) is 6.18. The van der Waals surface area contributed by atoms with Crippen LogP contribution in [0.2, 0.25) is 0 Å². The molecule has 2 saturated heterocycles. The fourth-order valence-electron chi connectivity index (χ4n) is 4.58. The number of nitrogens with zero attached hydrogens (tertiary/aromatic N) is 3. The molecule has 0 saturated carbocycles. The number of nitrogens with one attached hydrogen (secondary N) is 1. The number of hydrogen-bond donors (Lipinski definition) is 1. The maximum Gasteiger partial charge on any atom is 0.410 e. The first-order valence-corrected chi connectivity index (χ1v) is 10.0. The van der Waals surface area contributed by atoms with Crippen LogP contribution in [0.5, 0.6) is 0 Å². The number of fused-ring (bicyclic) bond motifs is 2. The van der Waals surface area contributed by atoms with Crippen molar-refractivity contribution in [1.29, 1.82) is 0 Å². The number of carbonyl (C=O) groups excluding carboxylic acids is 2. The lowest BCUT2D eigenvalue weighted by Gasteiger charge is -2.41. The summed E-state index contributed by atoms with van der Waals surface area (Å²) in [5.74, 6) is 0.632. The number of hydrogen-bond acceptors (Lipinski definition) is 5. The van der Waals surface area contributed by atoms with Crippen LogP contribution in [0.1, 0.15) is 57.1 Å². The van der Waals surface area contributed by atoms with Crippen molar-refractivity contribution in [2.45, 2.75) is 57.3 Å². The number of likely N-dealkylation sites (tertiary alicyclic amines) is 1. The van der Waals surface area contributed by atoms with Crippen molar-refractivity contribution >= 4 is 12.0 Å². The van der Waals surface area contributed by atoms with Gasteiger partial charge in [-0.25, -0.2) is 9.78 Å². The molecular formula is C20H28N4O4. The lowest BCUT2D eigenvalue weighted by molar-refractivity contribution is -0.134. The average Bonchev–Trinajstić information content (AvgIpc) is 3.19. The highest BCUT2D eigenvalue weighted by Crippen LogP contribution is 2.43. The molecule has 2 fully saturated rings. The lowest BCUT2D eigenvalue weighted by Crippen LogP contribution is -2.51. The van der Waals surface area contributed by atoms with E-state index in [9.17, 15) is 14.4 Å². The minimum absolute atomic E-state index is 0.0462. The molecule has 0 bridgehead atoms. The Morgan fingerprint density at radius 3 is 2.71 bits per heavy atom. The normalized spacial score (nSPS) is 24.6. The number of carbonyl (C=O) groups is 2. The van der Waals surface area contributed by atoms with E-state index in [1.165, 1.54) is 4.90 Å². The van der Waals surface area contributed by atoms with Crippen molar-refractivity contribution in [1.82, 2.24) is 19.8 Å². The highest BCUT2D eigenvalue weighted by Gasteiger charge is 2.46. The first kappa shape index (κ1) is 19.0. The molecule has 1 unspecified atom stereocenters. The SMILES string of the molecule is CC(C)(C)c1nc2c(c(=O)[nH]1)CCC21CCCN(C(=O)CN2CCOC2=O)C1. The molecule has 1 spiro atoms. The zero-order chi connectivity index (χ0) is 20.1. The number of rotatable bonds is 2. The summed E-state index contributed by atoms with van der Waals surface area (Å²) >= 11 is 0. The van der Waals surface area contributed by atoms with Crippen LogP contribution in [0, 0.1) is 0 Å². The molecular weight excluding hydrogens is 360 g/mol. The number of amides is 2. The van der Waals surface area contributed by atoms with E-state index in [4.69, 9.17) is 9.72 Å². The second-order valence-corrected chi connectivity index (χ2v) is 9.23. The zero-order valence-corrected chi connectivity index (χ0v) is 16.8. The van der Waals surface area contributed by atoms with Crippen LogP contribution in [-0.4, -0.2) is 64.6 Å². The fourth-order valence-corrected chi connectivity index (χ4v) is 4.58. The molecule has 1 N–H and O–H groups in total. The molecule has 8 heteroatoms. The Hall–Kier alpha value is -2.38. The van der Waals surface area contributed by atoms with E-state index in [0.717, 1.165) is 30.5 Å². The van der Waals surface area contributed by atoms with Crippen LogP contribution in [0.4, 0.5) is 4.79 Å². The largest absolute Gasteiger partial charge is 0.448 e. The molecule has 1 aliphatic carbocycles. The number of cyclic esters (lactones) is 1. The monoisotopic (exact) mass is 388 g/mol. The predicted molar refractivity (Wildman–Crippen MR) is 102 cm³/mol. The highest BCUT2D eigenvalue weighted by atomic mass is 16.6. The van der Waals surface area contributed by atoms with E-state index in [0.29, 0.717) is 38.5 Å². The smallest absolute Gasteiger partial charge is 0.410 e. The Bertz CT molecular complexity index is 872. The zero-order valence-electron chi connectivity index (χ0n) is 16.8. The van der Waals surface area contributed by atoms with Gasteiger partial charge in [0.1, 0.15) is 19.0 Å². The summed E-state index contributed by atoms with van der Waals surface area (Å²) in [5, 5.41) is 0. The van der Waals surface area contributed by atoms with Gasteiger partial charge < -0.3 is 14.6 Å². The van der Waals surface area contributed by atoms with Gasteiger partial charge in [0.15, 0.2) is 0 Å². The van der Waals surface area contributed by atoms with Gasteiger partial charge >= 0.3 is 6.09 Å². The third kappa shape index (κ3) is 3.18. The third-order valence-electron chi connectivity index (χ3n) is 6.18. The Morgan fingerprint density at radius 2 is 2.04 bits per heavy atom. The summed E-state index contributed by atoms with van der Waals surface area (Å²) in [5.41, 5.74) is 1.08. The van der Waals surface area contributed by atoms with Gasteiger partial charge in [0.25, 0.3) is 5.56 Å². The summed E-state index contributed by atoms with van der Waals surface area (Å²) in [6.45, 7) is 8.18. The minimum atomic E-state index is -0.422. The second kappa shape index (κ2) is 6.60. The van der Waals surface area contributed by atoms with Gasteiger partial charge in [-0.05, 0) is 25.7 Å². The average molecular weight is 388 g/mol. The molecule has 1 aromatic heterocycles. The molecule has 1 aromatic rings. The summed E-state index contributed by atoms with van der Waals surface area (Å²) in [4.78, 5) is 48.3. The summed E-state index contributed by atoms with van der Waals surface area (Å²) < 4.78 is 4.92. The fraction of sp³-hybridized carbons (Fsp3) is 0.700. The number of aromatic amines is 1. The molecule has 3 heterocycles. The molecule has 0 aromatic carbocycles. The van der Waals surface area contributed by atoms with Crippen molar-refractivity contribution in [2.75, 3.05) is 32.8 Å². The van der Waals surface area contributed by atoms with E-state index in [1.807, 2.05) is 25.7 Å². The van der Waals surface area contributed by atoms with Gasteiger partial charge in [-0.15, -0.1) is 0 Å². The van der Waals surface area contributed by atoms with Crippen molar-refractivity contribution in [3.8, 4) is 0 Å². The topological polar surface area (TPSA) is 95.6 Å². The van der Waals surface area contributed by atoms with Crippen LogP contribution >= 0.6 is 0 Å². The van der Waals surface area contributed by atoms with E-state index >= 15 is 0 Å². The van der Waals surface area contributed by atoms with Gasteiger partial charge in [0.05, 0.1) is 12.2 Å². The first-order chi connectivity index (χ1) is 13.2.